The number of carboxylic acids is 1. The quantitative estimate of drug-likeness (QED) is 0.569. The first-order chi connectivity index (χ1) is 15.8. The number of aromatic carboxylic acids is 1. The van der Waals surface area contributed by atoms with Gasteiger partial charge in [0.25, 0.3) is 0 Å². The normalized spacial score (nSPS) is 20.0. The number of ether oxygens (including phenoxy) is 1. The molecule has 0 saturated heterocycles. The van der Waals surface area contributed by atoms with Crippen LogP contribution in [0.4, 0.5) is 5.69 Å². The minimum absolute atomic E-state index is 0.00408. The standard InChI is InChI=1S/C26H38N2O5S/c1-16-9-11-18(12-10-16)23(29)28(21(17(2)33-8)24(30)27(6)7)20-15-19(13-14-26(3,4)5)34-22(20)25(31)32/h15-18,21H,9-12H2,1-8H3,(H,31,32)/t16-,17-,18-,21-/m0/s1. The van der Waals surface area contributed by atoms with Crippen LogP contribution in [0.5, 0.6) is 0 Å². The molecule has 7 nitrogen and oxygen atoms in total. The maximum atomic E-state index is 14.0. The van der Waals surface area contributed by atoms with Crippen LogP contribution >= 0.6 is 11.3 Å². The van der Waals surface area contributed by atoms with Gasteiger partial charge in [-0.1, -0.05) is 18.8 Å². The molecule has 1 heterocycles. The number of carbonyl (C=O) groups excluding carboxylic acids is 2. The monoisotopic (exact) mass is 490 g/mol. The molecule has 0 bridgehead atoms. The summed E-state index contributed by atoms with van der Waals surface area (Å²) in [7, 11) is 4.72. The third-order valence-electron chi connectivity index (χ3n) is 6.12. The van der Waals surface area contributed by atoms with Crippen LogP contribution in [0.15, 0.2) is 6.07 Å². The lowest BCUT2D eigenvalue weighted by atomic mass is 9.82. The molecule has 0 aliphatic heterocycles. The second-order valence-electron chi connectivity index (χ2n) is 10.4. The van der Waals surface area contributed by atoms with E-state index in [1.54, 1.807) is 27.1 Å². The molecule has 1 aromatic heterocycles. The first-order valence-corrected chi connectivity index (χ1v) is 12.6. The van der Waals surface area contributed by atoms with Crippen molar-refractivity contribution in [3.8, 4) is 11.8 Å². The van der Waals surface area contributed by atoms with E-state index in [4.69, 9.17) is 4.74 Å². The van der Waals surface area contributed by atoms with Gasteiger partial charge in [-0.2, -0.15) is 0 Å². The van der Waals surface area contributed by atoms with E-state index in [2.05, 4.69) is 18.8 Å². The van der Waals surface area contributed by atoms with Crippen LogP contribution in [0.3, 0.4) is 0 Å². The number of anilines is 1. The number of rotatable bonds is 7. The summed E-state index contributed by atoms with van der Waals surface area (Å²) in [5, 5.41) is 10.0. The molecule has 1 aliphatic rings. The van der Waals surface area contributed by atoms with E-state index < -0.39 is 18.1 Å². The summed E-state index contributed by atoms with van der Waals surface area (Å²) in [6, 6.07) is 0.636. The number of carboxylic acid groups (broad SMARTS) is 1. The van der Waals surface area contributed by atoms with Gasteiger partial charge in [0.15, 0.2) is 0 Å². The van der Waals surface area contributed by atoms with Crippen molar-refractivity contribution in [2.75, 3.05) is 26.1 Å². The number of thiophene rings is 1. The smallest absolute Gasteiger partial charge is 0.348 e. The largest absolute Gasteiger partial charge is 0.477 e. The van der Waals surface area contributed by atoms with E-state index >= 15 is 0 Å². The summed E-state index contributed by atoms with van der Waals surface area (Å²) in [6.45, 7) is 9.81. The molecule has 1 aliphatic carbocycles. The van der Waals surface area contributed by atoms with Crippen molar-refractivity contribution in [3.63, 3.8) is 0 Å². The van der Waals surface area contributed by atoms with Crippen LogP contribution in [0.2, 0.25) is 0 Å². The molecule has 0 aromatic carbocycles. The van der Waals surface area contributed by atoms with Crippen LogP contribution in [-0.4, -0.2) is 61.1 Å². The van der Waals surface area contributed by atoms with Crippen molar-refractivity contribution in [3.05, 3.63) is 15.8 Å². The van der Waals surface area contributed by atoms with Gasteiger partial charge < -0.3 is 14.7 Å². The van der Waals surface area contributed by atoms with Crippen LogP contribution < -0.4 is 4.90 Å². The van der Waals surface area contributed by atoms with Gasteiger partial charge in [-0.25, -0.2) is 4.79 Å². The lowest BCUT2D eigenvalue weighted by molar-refractivity contribution is -0.136. The maximum absolute atomic E-state index is 14.0. The molecule has 0 unspecified atom stereocenters. The van der Waals surface area contributed by atoms with E-state index in [-0.39, 0.29) is 33.7 Å². The Bertz CT molecular complexity index is 958. The van der Waals surface area contributed by atoms with Crippen LogP contribution in [-0.2, 0) is 14.3 Å². The average Bonchev–Trinajstić information content (AvgIpc) is 3.18. The van der Waals surface area contributed by atoms with Crippen LogP contribution in [0, 0.1) is 29.1 Å². The van der Waals surface area contributed by atoms with Gasteiger partial charge in [-0.3, -0.25) is 14.5 Å². The molecule has 0 radical (unpaired) electrons. The third kappa shape index (κ3) is 6.83. The summed E-state index contributed by atoms with van der Waals surface area (Å²) in [4.78, 5) is 42.9. The molecule has 2 atom stereocenters. The number of hydrogen-bond donors (Lipinski definition) is 1. The Morgan fingerprint density at radius 2 is 1.76 bits per heavy atom. The Hall–Kier alpha value is -2.37. The SMILES string of the molecule is CO[C@@H](C)[C@@H](C(=O)N(C)C)N(c1cc(C#CC(C)(C)C)sc1C(=O)O)C(=O)[C@H]1CC[C@H](C)CC1. The highest BCUT2D eigenvalue weighted by Gasteiger charge is 2.42. The zero-order valence-electron chi connectivity index (χ0n) is 21.6. The van der Waals surface area contributed by atoms with Crippen LogP contribution in [0.25, 0.3) is 0 Å². The Balaban J connectivity index is 2.70. The topological polar surface area (TPSA) is 87.2 Å². The van der Waals surface area contributed by atoms with Crippen molar-refractivity contribution in [2.45, 2.75) is 72.4 Å². The van der Waals surface area contributed by atoms with E-state index in [1.807, 2.05) is 20.8 Å². The number of likely N-dealkylation sites (N-methyl/N-ethyl adjacent to an activating group) is 1. The van der Waals surface area contributed by atoms with E-state index in [0.29, 0.717) is 23.6 Å². The molecule has 2 rings (SSSR count). The summed E-state index contributed by atoms with van der Waals surface area (Å²) in [6.07, 6.45) is 2.63. The Kier molecular flexibility index (Phi) is 9.32. The second-order valence-corrected chi connectivity index (χ2v) is 11.5. The Morgan fingerprint density at radius 1 is 1.18 bits per heavy atom. The molecule has 8 heteroatoms. The predicted molar refractivity (Wildman–Crippen MR) is 135 cm³/mol. The summed E-state index contributed by atoms with van der Waals surface area (Å²) >= 11 is 1.03. The average molecular weight is 491 g/mol. The number of amides is 2. The van der Waals surface area contributed by atoms with Crippen molar-refractivity contribution >= 4 is 34.8 Å². The van der Waals surface area contributed by atoms with Crippen molar-refractivity contribution in [1.29, 1.82) is 0 Å². The highest BCUT2D eigenvalue weighted by atomic mass is 32.1. The zero-order valence-corrected chi connectivity index (χ0v) is 22.4. The van der Waals surface area contributed by atoms with Gasteiger partial charge in [0.1, 0.15) is 10.9 Å². The first-order valence-electron chi connectivity index (χ1n) is 11.7. The Labute approximate surface area is 207 Å². The molecule has 188 valence electrons. The molecule has 1 saturated carbocycles. The molecule has 0 spiro atoms. The highest BCUT2D eigenvalue weighted by Crippen LogP contribution is 2.37. The molecule has 1 aromatic rings. The van der Waals surface area contributed by atoms with Gasteiger partial charge in [0.2, 0.25) is 11.8 Å². The predicted octanol–water partition coefficient (Wildman–Crippen LogP) is 4.49. The van der Waals surface area contributed by atoms with E-state index in [1.165, 1.54) is 16.9 Å². The van der Waals surface area contributed by atoms with Gasteiger partial charge in [-0.15, -0.1) is 11.3 Å². The lowest BCUT2D eigenvalue weighted by Gasteiger charge is -2.38. The van der Waals surface area contributed by atoms with Gasteiger partial charge in [-0.05, 0) is 65.4 Å². The minimum atomic E-state index is -1.15. The van der Waals surface area contributed by atoms with Crippen LogP contribution in [0.1, 0.15) is 74.9 Å². The maximum Gasteiger partial charge on any atom is 0.348 e. The summed E-state index contributed by atoms with van der Waals surface area (Å²) in [5.41, 5.74) is -0.0565. The molecule has 2 amide bonds. The van der Waals surface area contributed by atoms with Gasteiger partial charge in [0, 0.05) is 32.5 Å². The summed E-state index contributed by atoms with van der Waals surface area (Å²) in [5.74, 6) is 4.74. The third-order valence-corrected chi connectivity index (χ3v) is 7.15. The molecule has 34 heavy (non-hydrogen) atoms. The van der Waals surface area contributed by atoms with Crippen molar-refractivity contribution < 1.29 is 24.2 Å². The minimum Gasteiger partial charge on any atom is -0.477 e. The fourth-order valence-electron chi connectivity index (χ4n) is 4.05. The van der Waals surface area contributed by atoms with Gasteiger partial charge >= 0.3 is 5.97 Å². The Morgan fingerprint density at radius 3 is 2.24 bits per heavy atom. The number of hydrogen-bond acceptors (Lipinski definition) is 5. The van der Waals surface area contributed by atoms with Crippen molar-refractivity contribution in [2.24, 2.45) is 17.3 Å². The molecule has 1 fully saturated rings. The number of nitrogens with zero attached hydrogens (tertiary/aromatic N) is 2. The summed E-state index contributed by atoms with van der Waals surface area (Å²) < 4.78 is 5.53. The highest BCUT2D eigenvalue weighted by molar-refractivity contribution is 7.15. The molecular formula is C26H38N2O5S. The second kappa shape index (κ2) is 11.4. The first kappa shape index (κ1) is 27.9. The number of methoxy groups -OCH3 is 1. The molecular weight excluding hydrogens is 452 g/mol. The lowest BCUT2D eigenvalue weighted by Crippen LogP contribution is -2.57. The zero-order chi connectivity index (χ0) is 25.8. The van der Waals surface area contributed by atoms with Gasteiger partial charge in [0.05, 0.1) is 16.7 Å². The van der Waals surface area contributed by atoms with E-state index in [9.17, 15) is 19.5 Å². The van der Waals surface area contributed by atoms with E-state index in [0.717, 1.165) is 24.2 Å². The number of carbonyl (C=O) groups is 3. The fraction of sp³-hybridized carbons (Fsp3) is 0.654. The van der Waals surface area contributed by atoms with Crippen molar-refractivity contribution in [1.82, 2.24) is 4.90 Å². The molecule has 1 N–H and O–H groups in total. The fourth-order valence-corrected chi connectivity index (χ4v) is 4.89.